The predicted octanol–water partition coefficient (Wildman–Crippen LogP) is 1.64. The number of aromatic hydroxyl groups is 1. The van der Waals surface area contributed by atoms with Crippen LogP contribution >= 0.6 is 0 Å². The molecule has 110 valence electrons. The number of nitrogens with one attached hydrogen (secondary N) is 2. The Morgan fingerprint density at radius 3 is 2.50 bits per heavy atom. The maximum absolute atomic E-state index is 11.6. The van der Waals surface area contributed by atoms with Gasteiger partial charge >= 0.3 is 12.0 Å². The van der Waals surface area contributed by atoms with Crippen LogP contribution in [0.3, 0.4) is 0 Å². The second-order valence-electron chi connectivity index (χ2n) is 4.81. The SMILES string of the molecule is COC(C)(C)CNC(=O)Nc1ccc(C(=O)O)cc1O. The quantitative estimate of drug-likeness (QED) is 0.614. The van der Waals surface area contributed by atoms with Gasteiger partial charge in [-0.3, -0.25) is 0 Å². The van der Waals surface area contributed by atoms with E-state index in [1.165, 1.54) is 19.2 Å². The van der Waals surface area contributed by atoms with E-state index < -0.39 is 17.6 Å². The van der Waals surface area contributed by atoms with Crippen LogP contribution in [0.15, 0.2) is 18.2 Å². The number of rotatable bonds is 5. The first-order valence-corrected chi connectivity index (χ1v) is 5.91. The van der Waals surface area contributed by atoms with Crippen LogP contribution in [0.4, 0.5) is 10.5 Å². The van der Waals surface area contributed by atoms with Crippen molar-refractivity contribution in [2.45, 2.75) is 19.4 Å². The third kappa shape index (κ3) is 4.43. The number of benzene rings is 1. The molecule has 0 radical (unpaired) electrons. The maximum Gasteiger partial charge on any atom is 0.335 e. The average molecular weight is 282 g/mol. The van der Waals surface area contributed by atoms with Crippen molar-refractivity contribution >= 4 is 17.7 Å². The van der Waals surface area contributed by atoms with Gasteiger partial charge in [0, 0.05) is 13.7 Å². The van der Waals surface area contributed by atoms with Gasteiger partial charge in [0.15, 0.2) is 0 Å². The Hall–Kier alpha value is -2.28. The Labute approximate surface area is 116 Å². The monoisotopic (exact) mass is 282 g/mol. The van der Waals surface area contributed by atoms with Crippen molar-refractivity contribution < 1.29 is 24.5 Å². The van der Waals surface area contributed by atoms with Gasteiger partial charge in [0.2, 0.25) is 0 Å². The minimum atomic E-state index is -1.15. The summed E-state index contributed by atoms with van der Waals surface area (Å²) in [7, 11) is 1.54. The predicted molar refractivity (Wildman–Crippen MR) is 73.2 cm³/mol. The van der Waals surface area contributed by atoms with Crippen molar-refractivity contribution in [1.82, 2.24) is 5.32 Å². The molecule has 0 fully saturated rings. The molecule has 7 heteroatoms. The lowest BCUT2D eigenvalue weighted by atomic mass is 10.1. The van der Waals surface area contributed by atoms with Gasteiger partial charge in [0.25, 0.3) is 0 Å². The normalized spacial score (nSPS) is 10.9. The number of phenols is 1. The smallest absolute Gasteiger partial charge is 0.335 e. The molecule has 1 aromatic rings. The number of ether oxygens (including phenoxy) is 1. The lowest BCUT2D eigenvalue weighted by molar-refractivity contribution is 0.0257. The number of carbonyl (C=O) groups excluding carboxylic acids is 1. The zero-order valence-corrected chi connectivity index (χ0v) is 11.6. The first-order chi connectivity index (χ1) is 9.25. The summed E-state index contributed by atoms with van der Waals surface area (Å²) in [6.07, 6.45) is 0. The van der Waals surface area contributed by atoms with E-state index >= 15 is 0 Å². The zero-order valence-electron chi connectivity index (χ0n) is 11.6. The molecular formula is C13H18N2O5. The topological polar surface area (TPSA) is 108 Å². The van der Waals surface area contributed by atoms with Crippen molar-refractivity contribution in [2.24, 2.45) is 0 Å². The largest absolute Gasteiger partial charge is 0.506 e. The molecule has 1 rings (SSSR count). The molecule has 0 unspecified atom stereocenters. The zero-order chi connectivity index (χ0) is 15.3. The van der Waals surface area contributed by atoms with Gasteiger partial charge in [-0.05, 0) is 32.0 Å². The minimum Gasteiger partial charge on any atom is -0.506 e. The number of hydrogen-bond donors (Lipinski definition) is 4. The van der Waals surface area contributed by atoms with Crippen LogP contribution in [0.1, 0.15) is 24.2 Å². The first-order valence-electron chi connectivity index (χ1n) is 5.91. The van der Waals surface area contributed by atoms with Crippen LogP contribution in [0.2, 0.25) is 0 Å². The summed E-state index contributed by atoms with van der Waals surface area (Å²) in [5.74, 6) is -1.47. The van der Waals surface area contributed by atoms with E-state index in [1.54, 1.807) is 0 Å². The van der Waals surface area contributed by atoms with Gasteiger partial charge in [-0.2, -0.15) is 0 Å². The van der Waals surface area contributed by atoms with Crippen molar-refractivity contribution in [3.05, 3.63) is 23.8 Å². The summed E-state index contributed by atoms with van der Waals surface area (Å²) in [5, 5.41) is 23.4. The molecular weight excluding hydrogens is 264 g/mol. The van der Waals surface area contributed by atoms with E-state index in [0.29, 0.717) is 0 Å². The highest BCUT2D eigenvalue weighted by molar-refractivity contribution is 5.93. The van der Waals surface area contributed by atoms with E-state index in [2.05, 4.69) is 10.6 Å². The third-order valence-corrected chi connectivity index (χ3v) is 2.72. The van der Waals surface area contributed by atoms with Crippen molar-refractivity contribution in [3.8, 4) is 5.75 Å². The molecule has 20 heavy (non-hydrogen) atoms. The first kappa shape index (κ1) is 15.8. The number of amides is 2. The Bertz CT molecular complexity index is 513. The van der Waals surface area contributed by atoms with Gasteiger partial charge < -0.3 is 25.6 Å². The van der Waals surface area contributed by atoms with Gasteiger partial charge in [-0.1, -0.05) is 0 Å². The molecule has 0 aliphatic carbocycles. The maximum atomic E-state index is 11.6. The summed E-state index contributed by atoms with van der Waals surface area (Å²) in [6.45, 7) is 3.90. The van der Waals surface area contributed by atoms with Crippen LogP contribution in [-0.2, 0) is 4.74 Å². The second kappa shape index (κ2) is 6.25. The van der Waals surface area contributed by atoms with Crippen LogP contribution in [0.25, 0.3) is 0 Å². The summed E-state index contributed by atoms with van der Waals surface area (Å²) in [4.78, 5) is 22.3. The highest BCUT2D eigenvalue weighted by Crippen LogP contribution is 2.24. The average Bonchev–Trinajstić information content (AvgIpc) is 2.39. The highest BCUT2D eigenvalue weighted by Gasteiger charge is 2.17. The van der Waals surface area contributed by atoms with Crippen LogP contribution in [0.5, 0.6) is 5.75 Å². The van der Waals surface area contributed by atoms with E-state index in [-0.39, 0.29) is 23.5 Å². The fraction of sp³-hybridized carbons (Fsp3) is 0.385. The number of carbonyl (C=O) groups is 2. The van der Waals surface area contributed by atoms with E-state index in [1.807, 2.05) is 13.8 Å². The molecule has 0 heterocycles. The number of urea groups is 1. The van der Waals surface area contributed by atoms with Gasteiger partial charge in [-0.15, -0.1) is 0 Å². The third-order valence-electron chi connectivity index (χ3n) is 2.72. The standard InChI is InChI=1S/C13H18N2O5/c1-13(2,20-3)7-14-12(19)15-9-5-4-8(11(17)18)6-10(9)16/h4-6,16H,7H2,1-3H3,(H,17,18)(H2,14,15,19). The van der Waals surface area contributed by atoms with Crippen LogP contribution in [-0.4, -0.2) is 41.5 Å². The summed E-state index contributed by atoms with van der Waals surface area (Å²) in [6, 6.07) is 3.15. The van der Waals surface area contributed by atoms with Crippen molar-refractivity contribution in [1.29, 1.82) is 0 Å². The molecule has 0 saturated carbocycles. The van der Waals surface area contributed by atoms with E-state index in [4.69, 9.17) is 9.84 Å². The molecule has 1 aromatic carbocycles. The minimum absolute atomic E-state index is 0.0611. The number of anilines is 1. The Balaban J connectivity index is 2.65. The van der Waals surface area contributed by atoms with Crippen LogP contribution in [0, 0.1) is 0 Å². The van der Waals surface area contributed by atoms with E-state index in [0.717, 1.165) is 6.07 Å². The van der Waals surface area contributed by atoms with E-state index in [9.17, 15) is 14.7 Å². The molecule has 0 aliphatic rings. The molecule has 0 bridgehead atoms. The Kier molecular flexibility index (Phi) is 4.93. The lowest BCUT2D eigenvalue weighted by Gasteiger charge is -2.23. The number of phenolic OH excluding ortho intramolecular Hbond substituents is 1. The van der Waals surface area contributed by atoms with Gasteiger partial charge in [0.1, 0.15) is 5.75 Å². The summed E-state index contributed by atoms with van der Waals surface area (Å²) >= 11 is 0. The fourth-order valence-electron chi connectivity index (χ4n) is 1.30. The molecule has 2 amide bonds. The molecule has 4 N–H and O–H groups in total. The number of hydrogen-bond acceptors (Lipinski definition) is 4. The molecule has 0 aromatic heterocycles. The molecule has 0 saturated heterocycles. The van der Waals surface area contributed by atoms with Gasteiger partial charge in [-0.25, -0.2) is 9.59 Å². The number of methoxy groups -OCH3 is 1. The second-order valence-corrected chi connectivity index (χ2v) is 4.81. The Morgan fingerprint density at radius 2 is 2.00 bits per heavy atom. The Morgan fingerprint density at radius 1 is 1.35 bits per heavy atom. The number of aromatic carboxylic acids is 1. The highest BCUT2D eigenvalue weighted by atomic mass is 16.5. The summed E-state index contributed by atoms with van der Waals surface area (Å²) < 4.78 is 5.15. The number of carboxylic acids is 1. The molecule has 0 atom stereocenters. The fourth-order valence-corrected chi connectivity index (χ4v) is 1.30. The summed E-state index contributed by atoms with van der Waals surface area (Å²) in [5.41, 5.74) is -0.441. The molecule has 7 nitrogen and oxygen atoms in total. The van der Waals surface area contributed by atoms with Crippen LogP contribution < -0.4 is 10.6 Å². The lowest BCUT2D eigenvalue weighted by Crippen LogP contribution is -2.41. The van der Waals surface area contributed by atoms with Gasteiger partial charge in [0.05, 0.1) is 16.9 Å². The number of carboxylic acid groups (broad SMARTS) is 1. The van der Waals surface area contributed by atoms with Crippen molar-refractivity contribution in [2.75, 3.05) is 19.0 Å². The van der Waals surface area contributed by atoms with Crippen molar-refractivity contribution in [3.63, 3.8) is 0 Å². The molecule has 0 spiro atoms. The molecule has 0 aliphatic heterocycles.